The third-order valence-corrected chi connectivity index (χ3v) is 7.61. The zero-order valence-electron chi connectivity index (χ0n) is 22.8. The van der Waals surface area contributed by atoms with Gasteiger partial charge in [-0.1, -0.05) is 52.0 Å². The lowest BCUT2D eigenvalue weighted by molar-refractivity contribution is -0.138. The van der Waals surface area contributed by atoms with Crippen LogP contribution in [-0.4, -0.2) is 47.3 Å². The summed E-state index contributed by atoms with van der Waals surface area (Å²) in [7, 11) is 0. The number of benzene rings is 1. The van der Waals surface area contributed by atoms with E-state index in [0.717, 1.165) is 0 Å². The Morgan fingerprint density at radius 3 is 2.08 bits per heavy atom. The SMILES string of the molecule is C=CCOc1c(Cl)cc(C2C3=C(CC(C)(C)CC3=O)N(CC(=O)O)C3=C2C(=O)CC(C)(C)C3)cc1OCC. The van der Waals surface area contributed by atoms with E-state index in [1.807, 2.05) is 34.6 Å². The number of hydrogen-bond donors (Lipinski definition) is 1. The number of hydrogen-bond acceptors (Lipinski definition) is 6. The third-order valence-electron chi connectivity index (χ3n) is 7.33. The second-order valence-electron chi connectivity index (χ2n) is 11.9. The molecule has 38 heavy (non-hydrogen) atoms. The Balaban J connectivity index is 2.01. The summed E-state index contributed by atoms with van der Waals surface area (Å²) >= 11 is 6.71. The molecule has 0 atom stereocenters. The predicted molar refractivity (Wildman–Crippen MR) is 145 cm³/mol. The molecule has 204 valence electrons. The standard InChI is InChI=1S/C30H36ClNO6/c1-7-9-38-28-18(31)10-17(11-23(28)37-8-2)25-26-19(12-29(3,4)14-21(26)33)32(16-24(35)36)20-13-30(5,6)15-22(34)27(20)25/h7,10-11,25H,1,8-9,12-16H2,2-6H3,(H,35,36). The van der Waals surface area contributed by atoms with E-state index < -0.39 is 11.9 Å². The van der Waals surface area contributed by atoms with Crippen LogP contribution in [0.1, 0.15) is 71.8 Å². The maximum absolute atomic E-state index is 13.8. The predicted octanol–water partition coefficient (Wildman–Crippen LogP) is 6.07. The minimum Gasteiger partial charge on any atom is -0.490 e. The van der Waals surface area contributed by atoms with E-state index in [0.29, 0.717) is 76.9 Å². The van der Waals surface area contributed by atoms with Crippen molar-refractivity contribution < 1.29 is 29.0 Å². The lowest BCUT2D eigenvalue weighted by atomic mass is 9.63. The van der Waals surface area contributed by atoms with Gasteiger partial charge in [0.05, 0.1) is 11.6 Å². The molecule has 0 fully saturated rings. The minimum atomic E-state index is -1.01. The number of Topliss-reactive ketones (excluding diaryl/α,β-unsaturated/α-hetero) is 2. The molecule has 0 radical (unpaired) electrons. The number of halogens is 1. The molecule has 1 aromatic carbocycles. The summed E-state index contributed by atoms with van der Waals surface area (Å²) in [4.78, 5) is 41.4. The largest absolute Gasteiger partial charge is 0.490 e. The topological polar surface area (TPSA) is 93.1 Å². The average Bonchev–Trinajstić information content (AvgIpc) is 2.77. The Morgan fingerprint density at radius 2 is 1.61 bits per heavy atom. The molecule has 4 rings (SSSR count). The number of rotatable bonds is 8. The van der Waals surface area contributed by atoms with Gasteiger partial charge in [-0.25, -0.2) is 0 Å². The fraction of sp³-hybridized carbons (Fsp3) is 0.500. The number of ether oxygens (including phenoxy) is 2. The highest BCUT2D eigenvalue weighted by atomic mass is 35.5. The Bertz CT molecular complexity index is 1220. The summed E-state index contributed by atoms with van der Waals surface area (Å²) in [6, 6.07) is 3.52. The number of aliphatic carboxylic acids is 1. The number of ketones is 2. The van der Waals surface area contributed by atoms with Crippen molar-refractivity contribution in [1.82, 2.24) is 4.90 Å². The molecule has 0 bridgehead atoms. The van der Waals surface area contributed by atoms with Crippen LogP contribution in [0, 0.1) is 10.8 Å². The van der Waals surface area contributed by atoms with Gasteiger partial charge < -0.3 is 19.5 Å². The highest BCUT2D eigenvalue weighted by Crippen LogP contribution is 2.55. The fourth-order valence-corrected chi connectivity index (χ4v) is 6.28. The fourth-order valence-electron chi connectivity index (χ4n) is 6.01. The van der Waals surface area contributed by atoms with Gasteiger partial charge in [0.25, 0.3) is 0 Å². The first-order valence-electron chi connectivity index (χ1n) is 13.0. The number of nitrogens with zero attached hydrogens (tertiary/aromatic N) is 1. The van der Waals surface area contributed by atoms with Crippen LogP contribution >= 0.6 is 11.6 Å². The van der Waals surface area contributed by atoms with E-state index in [9.17, 15) is 19.5 Å². The van der Waals surface area contributed by atoms with Gasteiger partial charge in [0.2, 0.25) is 0 Å². The Morgan fingerprint density at radius 1 is 1.05 bits per heavy atom. The van der Waals surface area contributed by atoms with Crippen molar-refractivity contribution >= 4 is 29.1 Å². The highest BCUT2D eigenvalue weighted by Gasteiger charge is 2.49. The van der Waals surface area contributed by atoms with Crippen molar-refractivity contribution in [2.24, 2.45) is 10.8 Å². The molecule has 0 aromatic heterocycles. The van der Waals surface area contributed by atoms with Gasteiger partial charge in [-0.05, 0) is 48.3 Å². The maximum Gasteiger partial charge on any atom is 0.323 e. The van der Waals surface area contributed by atoms with Crippen LogP contribution in [0.5, 0.6) is 11.5 Å². The third kappa shape index (κ3) is 5.26. The lowest BCUT2D eigenvalue weighted by Crippen LogP contribution is -2.45. The van der Waals surface area contributed by atoms with Gasteiger partial charge in [-0.15, -0.1) is 0 Å². The lowest BCUT2D eigenvalue weighted by Gasteiger charge is -2.48. The van der Waals surface area contributed by atoms with Crippen molar-refractivity contribution in [2.45, 2.75) is 66.2 Å². The quantitative estimate of drug-likeness (QED) is 0.399. The zero-order chi connectivity index (χ0) is 28.0. The van der Waals surface area contributed by atoms with Crippen molar-refractivity contribution in [2.75, 3.05) is 19.8 Å². The van der Waals surface area contributed by atoms with Crippen LogP contribution in [0.15, 0.2) is 47.3 Å². The molecular weight excluding hydrogens is 506 g/mol. The number of carbonyl (C=O) groups excluding carboxylic acids is 2. The molecule has 1 aromatic rings. The van der Waals surface area contributed by atoms with Gasteiger partial charge in [0, 0.05) is 41.3 Å². The highest BCUT2D eigenvalue weighted by molar-refractivity contribution is 6.32. The van der Waals surface area contributed by atoms with E-state index in [-0.39, 0.29) is 35.5 Å². The molecule has 0 saturated carbocycles. The first-order chi connectivity index (χ1) is 17.8. The molecule has 2 aliphatic carbocycles. The minimum absolute atomic E-state index is 0.0816. The zero-order valence-corrected chi connectivity index (χ0v) is 23.5. The van der Waals surface area contributed by atoms with Crippen LogP contribution in [0.2, 0.25) is 5.02 Å². The van der Waals surface area contributed by atoms with Gasteiger partial charge in [0.1, 0.15) is 13.2 Å². The van der Waals surface area contributed by atoms with E-state index in [1.54, 1.807) is 23.1 Å². The Kier molecular flexibility index (Phi) is 7.54. The number of carboxylic acid groups (broad SMARTS) is 1. The molecule has 1 heterocycles. The monoisotopic (exact) mass is 541 g/mol. The van der Waals surface area contributed by atoms with Gasteiger partial charge >= 0.3 is 5.97 Å². The molecule has 0 saturated heterocycles. The second kappa shape index (κ2) is 10.3. The van der Waals surface area contributed by atoms with Crippen LogP contribution < -0.4 is 9.47 Å². The maximum atomic E-state index is 13.8. The number of carbonyl (C=O) groups is 3. The molecule has 1 N–H and O–H groups in total. The van der Waals surface area contributed by atoms with E-state index in [2.05, 4.69) is 6.58 Å². The average molecular weight is 542 g/mol. The number of allylic oxidation sites excluding steroid dienone is 4. The molecule has 0 unspecified atom stereocenters. The summed E-state index contributed by atoms with van der Waals surface area (Å²) in [5, 5.41) is 10.1. The summed E-state index contributed by atoms with van der Waals surface area (Å²) < 4.78 is 11.7. The van der Waals surface area contributed by atoms with Crippen LogP contribution in [0.3, 0.4) is 0 Å². The molecule has 3 aliphatic rings. The number of carboxylic acids is 1. The molecule has 7 nitrogen and oxygen atoms in total. The van der Waals surface area contributed by atoms with Crippen molar-refractivity contribution in [3.63, 3.8) is 0 Å². The molecule has 1 aliphatic heterocycles. The van der Waals surface area contributed by atoms with Gasteiger partial charge in [-0.2, -0.15) is 0 Å². The molecule has 8 heteroatoms. The Labute approximate surface area is 229 Å². The van der Waals surface area contributed by atoms with Crippen LogP contribution in [-0.2, 0) is 14.4 Å². The molecule has 0 amide bonds. The molecule has 0 spiro atoms. The smallest absolute Gasteiger partial charge is 0.323 e. The summed E-state index contributed by atoms with van der Waals surface area (Å²) in [5.41, 5.74) is 2.29. The first-order valence-corrected chi connectivity index (χ1v) is 13.4. The second-order valence-corrected chi connectivity index (χ2v) is 12.3. The summed E-state index contributed by atoms with van der Waals surface area (Å²) in [6.45, 7) is 13.9. The van der Waals surface area contributed by atoms with Gasteiger partial charge in [-0.3, -0.25) is 14.4 Å². The summed E-state index contributed by atoms with van der Waals surface area (Å²) in [5.74, 6) is -1.05. The van der Waals surface area contributed by atoms with Crippen LogP contribution in [0.4, 0.5) is 0 Å². The Hall–Kier alpha value is -3.06. The van der Waals surface area contributed by atoms with Crippen molar-refractivity contribution in [3.8, 4) is 11.5 Å². The van der Waals surface area contributed by atoms with E-state index in [4.69, 9.17) is 21.1 Å². The van der Waals surface area contributed by atoms with E-state index in [1.165, 1.54) is 0 Å². The van der Waals surface area contributed by atoms with Crippen molar-refractivity contribution in [3.05, 3.63) is 57.9 Å². The van der Waals surface area contributed by atoms with E-state index >= 15 is 0 Å². The van der Waals surface area contributed by atoms with Gasteiger partial charge in [0.15, 0.2) is 23.1 Å². The molecular formula is C30H36ClNO6. The normalized spacial score (nSPS) is 20.7. The van der Waals surface area contributed by atoms with Crippen LogP contribution in [0.25, 0.3) is 0 Å². The summed E-state index contributed by atoms with van der Waals surface area (Å²) in [6.07, 6.45) is 3.26. The first kappa shape index (κ1) is 28.0. The van der Waals surface area contributed by atoms with Crippen molar-refractivity contribution in [1.29, 1.82) is 0 Å².